The van der Waals surface area contributed by atoms with Crippen LogP contribution in [0.25, 0.3) is 0 Å². The van der Waals surface area contributed by atoms with Gasteiger partial charge in [-0.15, -0.1) is 11.8 Å². The summed E-state index contributed by atoms with van der Waals surface area (Å²) in [5.41, 5.74) is 5.57. The molecule has 0 fully saturated rings. The summed E-state index contributed by atoms with van der Waals surface area (Å²) in [7, 11) is 3.35. The van der Waals surface area contributed by atoms with Crippen molar-refractivity contribution in [2.75, 3.05) is 44.6 Å². The maximum atomic E-state index is 12.7. The standard InChI is InChI=1S/C46H45NO7S/c1-5-44(48)52-30-8-7-29-47(3)40-24-19-36(20-25-40)13-16-38-23-28-43(42(33-38)46(50)51-4)54-34-39-17-14-35(15-18-39)11-12-37-21-26-41(27-22-37)55-32-10-9-31-53-45(49)6-2/h5-6,14-15,17-28,33H,1-2,7-10,29-32,34H2,3-4H3. The lowest BCUT2D eigenvalue weighted by molar-refractivity contribution is -0.138. The van der Waals surface area contributed by atoms with Gasteiger partial charge in [-0.2, -0.15) is 0 Å². The van der Waals surface area contributed by atoms with E-state index in [1.807, 2.05) is 73.8 Å². The molecule has 0 saturated heterocycles. The first-order valence-electron chi connectivity index (χ1n) is 17.9. The Kier molecular flexibility index (Phi) is 17.2. The highest BCUT2D eigenvalue weighted by Crippen LogP contribution is 2.23. The molecule has 4 aromatic carbocycles. The molecular weight excluding hydrogens is 711 g/mol. The molecule has 4 aromatic rings. The second-order valence-corrected chi connectivity index (χ2v) is 13.4. The Bertz CT molecular complexity index is 2030. The molecule has 0 radical (unpaired) electrons. The average Bonchev–Trinajstić information content (AvgIpc) is 3.22. The van der Waals surface area contributed by atoms with E-state index in [1.165, 1.54) is 19.3 Å². The SMILES string of the molecule is C=CC(=O)OCCCCSc1ccc(C#Cc2ccc(COc3ccc(C#Cc4ccc(N(C)CCCCOC(=O)C=C)cc4)cc3C(=O)OC)cc2)cc1. The molecule has 0 bridgehead atoms. The van der Waals surface area contributed by atoms with Crippen LogP contribution < -0.4 is 9.64 Å². The third-order valence-corrected chi connectivity index (χ3v) is 9.21. The van der Waals surface area contributed by atoms with Gasteiger partial charge in [0.05, 0.1) is 20.3 Å². The predicted octanol–water partition coefficient (Wildman–Crippen LogP) is 8.40. The maximum Gasteiger partial charge on any atom is 0.341 e. The van der Waals surface area contributed by atoms with Gasteiger partial charge in [0.25, 0.3) is 0 Å². The van der Waals surface area contributed by atoms with Gasteiger partial charge in [-0.25, -0.2) is 14.4 Å². The maximum absolute atomic E-state index is 12.7. The number of rotatable bonds is 18. The fourth-order valence-corrected chi connectivity index (χ4v) is 5.92. The Hall–Kier alpha value is -6.16. The van der Waals surface area contributed by atoms with Crippen LogP contribution in [0.2, 0.25) is 0 Å². The summed E-state index contributed by atoms with van der Waals surface area (Å²) in [6.07, 6.45) is 5.77. The number of unbranched alkanes of at least 4 members (excludes halogenated alkanes) is 2. The van der Waals surface area contributed by atoms with Crippen molar-refractivity contribution in [2.24, 2.45) is 0 Å². The first-order chi connectivity index (χ1) is 26.8. The Morgan fingerprint density at radius 3 is 1.80 bits per heavy atom. The Labute approximate surface area is 328 Å². The van der Waals surface area contributed by atoms with Crippen LogP contribution in [0.15, 0.2) is 121 Å². The minimum atomic E-state index is -0.508. The summed E-state index contributed by atoms with van der Waals surface area (Å²) in [4.78, 5) is 38.2. The highest BCUT2D eigenvalue weighted by molar-refractivity contribution is 7.99. The molecule has 282 valence electrons. The number of methoxy groups -OCH3 is 1. The first-order valence-corrected chi connectivity index (χ1v) is 18.9. The van der Waals surface area contributed by atoms with Crippen molar-refractivity contribution in [2.45, 2.75) is 37.2 Å². The van der Waals surface area contributed by atoms with Gasteiger partial charge in [0.15, 0.2) is 0 Å². The Morgan fingerprint density at radius 1 is 0.691 bits per heavy atom. The molecule has 0 aliphatic heterocycles. The second-order valence-electron chi connectivity index (χ2n) is 12.2. The lowest BCUT2D eigenvalue weighted by Gasteiger charge is -2.19. The third kappa shape index (κ3) is 14.6. The van der Waals surface area contributed by atoms with Crippen LogP contribution in [0.1, 0.15) is 63.9 Å². The van der Waals surface area contributed by atoms with Crippen molar-refractivity contribution < 1.29 is 33.3 Å². The van der Waals surface area contributed by atoms with E-state index in [4.69, 9.17) is 18.9 Å². The van der Waals surface area contributed by atoms with Crippen molar-refractivity contribution in [1.82, 2.24) is 0 Å². The fourth-order valence-electron chi connectivity index (χ4n) is 5.01. The molecule has 0 aliphatic rings. The minimum Gasteiger partial charge on any atom is -0.488 e. The number of anilines is 1. The summed E-state index contributed by atoms with van der Waals surface area (Å²) in [6.45, 7) is 8.66. The van der Waals surface area contributed by atoms with Gasteiger partial charge in [-0.05, 0) is 116 Å². The summed E-state index contributed by atoms with van der Waals surface area (Å²) < 4.78 is 21.1. The molecule has 0 aliphatic carbocycles. The molecular formula is C46H45NO7S. The number of thioether (sulfide) groups is 1. The summed E-state index contributed by atoms with van der Waals surface area (Å²) in [5, 5.41) is 0. The largest absolute Gasteiger partial charge is 0.488 e. The quantitative estimate of drug-likeness (QED) is 0.0248. The number of esters is 3. The van der Waals surface area contributed by atoms with Gasteiger partial charge in [-0.1, -0.05) is 49.0 Å². The number of carbonyl (C=O) groups is 3. The summed E-state index contributed by atoms with van der Waals surface area (Å²) in [6, 6.07) is 29.1. The lowest BCUT2D eigenvalue weighted by Crippen LogP contribution is -2.18. The van der Waals surface area contributed by atoms with Crippen LogP contribution in [0.4, 0.5) is 5.69 Å². The van der Waals surface area contributed by atoms with Crippen molar-refractivity contribution >= 4 is 35.4 Å². The highest BCUT2D eigenvalue weighted by Gasteiger charge is 2.14. The van der Waals surface area contributed by atoms with Gasteiger partial charge in [0.1, 0.15) is 17.9 Å². The van der Waals surface area contributed by atoms with Crippen LogP contribution >= 0.6 is 11.8 Å². The number of hydrogen-bond donors (Lipinski definition) is 0. The average molecular weight is 756 g/mol. The second kappa shape index (κ2) is 22.8. The summed E-state index contributed by atoms with van der Waals surface area (Å²) >= 11 is 1.76. The number of benzene rings is 4. The summed E-state index contributed by atoms with van der Waals surface area (Å²) in [5.74, 6) is 12.8. The van der Waals surface area contributed by atoms with Gasteiger partial charge < -0.3 is 23.8 Å². The normalized spacial score (nSPS) is 10.1. The van der Waals surface area contributed by atoms with Gasteiger partial charge >= 0.3 is 17.9 Å². The monoisotopic (exact) mass is 755 g/mol. The molecule has 0 unspecified atom stereocenters. The van der Waals surface area contributed by atoms with Crippen molar-refractivity contribution in [3.8, 4) is 29.4 Å². The molecule has 0 N–H and O–H groups in total. The van der Waals surface area contributed by atoms with Crippen LogP contribution in [-0.4, -0.2) is 57.6 Å². The van der Waals surface area contributed by atoms with Crippen LogP contribution in [-0.2, 0) is 30.4 Å². The van der Waals surface area contributed by atoms with Gasteiger partial charge in [0.2, 0.25) is 0 Å². The third-order valence-electron chi connectivity index (χ3n) is 8.12. The Balaban J connectivity index is 1.27. The smallest absolute Gasteiger partial charge is 0.341 e. The number of hydrogen-bond acceptors (Lipinski definition) is 9. The Morgan fingerprint density at radius 2 is 1.22 bits per heavy atom. The molecule has 55 heavy (non-hydrogen) atoms. The number of carbonyl (C=O) groups excluding carboxylic acids is 3. The van der Waals surface area contributed by atoms with E-state index < -0.39 is 11.9 Å². The van der Waals surface area contributed by atoms with Crippen LogP contribution in [0, 0.1) is 23.7 Å². The predicted molar refractivity (Wildman–Crippen MR) is 218 cm³/mol. The van der Waals surface area contributed by atoms with E-state index in [1.54, 1.807) is 23.9 Å². The van der Waals surface area contributed by atoms with Crippen molar-refractivity contribution in [1.29, 1.82) is 0 Å². The topological polar surface area (TPSA) is 91.4 Å². The van der Waals surface area contributed by atoms with E-state index in [0.717, 1.165) is 70.8 Å². The number of nitrogens with zero attached hydrogens (tertiary/aromatic N) is 1. The van der Waals surface area contributed by atoms with E-state index in [0.29, 0.717) is 30.1 Å². The zero-order valence-corrected chi connectivity index (χ0v) is 32.1. The minimum absolute atomic E-state index is 0.255. The molecule has 0 aromatic heterocycles. The molecule has 9 heteroatoms. The fraction of sp³-hybridized carbons (Fsp3) is 0.239. The molecule has 0 spiro atoms. The number of ether oxygens (including phenoxy) is 4. The van der Waals surface area contributed by atoms with E-state index in [-0.39, 0.29) is 12.6 Å². The van der Waals surface area contributed by atoms with Crippen molar-refractivity contribution in [3.63, 3.8) is 0 Å². The zero-order valence-electron chi connectivity index (χ0n) is 31.3. The van der Waals surface area contributed by atoms with Gasteiger partial charge in [0, 0.05) is 58.6 Å². The first kappa shape index (κ1) is 41.6. The van der Waals surface area contributed by atoms with E-state index in [2.05, 4.69) is 53.9 Å². The zero-order chi connectivity index (χ0) is 39.3. The van der Waals surface area contributed by atoms with Gasteiger partial charge in [-0.3, -0.25) is 0 Å². The van der Waals surface area contributed by atoms with Crippen molar-refractivity contribution in [3.05, 3.63) is 150 Å². The van der Waals surface area contributed by atoms with E-state index in [9.17, 15) is 14.4 Å². The lowest BCUT2D eigenvalue weighted by atomic mass is 10.1. The van der Waals surface area contributed by atoms with Crippen LogP contribution in [0.5, 0.6) is 5.75 Å². The highest BCUT2D eigenvalue weighted by atomic mass is 32.2. The van der Waals surface area contributed by atoms with E-state index >= 15 is 0 Å². The molecule has 0 saturated carbocycles. The molecule has 0 atom stereocenters. The molecule has 8 nitrogen and oxygen atoms in total. The van der Waals surface area contributed by atoms with Crippen LogP contribution in [0.3, 0.4) is 0 Å². The molecule has 0 heterocycles. The molecule has 4 rings (SSSR count). The molecule has 0 amide bonds.